The standard InChI is InChI=1S/C18H22FN3OS/c19-15-3-1-4-16(13-15)20-18(23)6-7-21-8-10-22(11-9-21)14-17-5-2-12-24-17/h1-5,12-13H,6-11,14H2,(H,20,23). The molecule has 1 aromatic carbocycles. The molecule has 0 radical (unpaired) electrons. The fraction of sp³-hybridized carbons (Fsp3) is 0.389. The van der Waals surface area contributed by atoms with Crippen LogP contribution in [0, 0.1) is 5.82 Å². The van der Waals surface area contributed by atoms with Crippen LogP contribution in [0.2, 0.25) is 0 Å². The smallest absolute Gasteiger partial charge is 0.225 e. The molecule has 6 heteroatoms. The van der Waals surface area contributed by atoms with Crippen molar-refractivity contribution in [1.82, 2.24) is 9.80 Å². The molecule has 0 unspecified atom stereocenters. The number of nitrogens with zero attached hydrogens (tertiary/aromatic N) is 2. The van der Waals surface area contributed by atoms with Crippen molar-refractivity contribution in [3.05, 3.63) is 52.5 Å². The molecule has 2 heterocycles. The van der Waals surface area contributed by atoms with E-state index in [0.717, 1.165) is 39.3 Å². The Kier molecular flexibility index (Phi) is 5.96. The summed E-state index contributed by atoms with van der Waals surface area (Å²) in [6, 6.07) is 10.3. The van der Waals surface area contributed by atoms with Gasteiger partial charge in [0.05, 0.1) is 0 Å². The number of thiophene rings is 1. The van der Waals surface area contributed by atoms with Crippen molar-refractivity contribution in [2.45, 2.75) is 13.0 Å². The summed E-state index contributed by atoms with van der Waals surface area (Å²) in [6.07, 6.45) is 0.432. The molecule has 1 fully saturated rings. The van der Waals surface area contributed by atoms with Gasteiger partial charge in [0, 0.05) is 56.3 Å². The summed E-state index contributed by atoms with van der Waals surface area (Å²) in [4.78, 5) is 18.1. The van der Waals surface area contributed by atoms with Crippen molar-refractivity contribution in [1.29, 1.82) is 0 Å². The first-order valence-corrected chi connectivity index (χ1v) is 9.09. The molecule has 128 valence electrons. The van der Waals surface area contributed by atoms with Gasteiger partial charge < -0.3 is 10.2 Å². The monoisotopic (exact) mass is 347 g/mol. The van der Waals surface area contributed by atoms with Gasteiger partial charge in [0.1, 0.15) is 5.82 Å². The molecule has 1 aliphatic heterocycles. The van der Waals surface area contributed by atoms with E-state index in [9.17, 15) is 9.18 Å². The average molecular weight is 347 g/mol. The summed E-state index contributed by atoms with van der Waals surface area (Å²) in [5.41, 5.74) is 0.515. The lowest BCUT2D eigenvalue weighted by Crippen LogP contribution is -2.46. The van der Waals surface area contributed by atoms with Gasteiger partial charge in [-0.05, 0) is 29.6 Å². The van der Waals surface area contributed by atoms with Gasteiger partial charge in [0.15, 0.2) is 0 Å². The minimum absolute atomic E-state index is 0.0679. The Morgan fingerprint density at radius 3 is 2.62 bits per heavy atom. The zero-order valence-electron chi connectivity index (χ0n) is 13.6. The molecule has 1 aliphatic rings. The van der Waals surface area contributed by atoms with Crippen molar-refractivity contribution in [3.8, 4) is 0 Å². The summed E-state index contributed by atoms with van der Waals surface area (Å²) in [7, 11) is 0. The second kappa shape index (κ2) is 8.37. The lowest BCUT2D eigenvalue weighted by Gasteiger charge is -2.34. The number of anilines is 1. The van der Waals surface area contributed by atoms with Crippen LogP contribution < -0.4 is 5.32 Å². The third-order valence-electron chi connectivity index (χ3n) is 4.19. The fourth-order valence-electron chi connectivity index (χ4n) is 2.84. The van der Waals surface area contributed by atoms with Crippen LogP contribution >= 0.6 is 11.3 Å². The number of hydrogen-bond acceptors (Lipinski definition) is 4. The maximum atomic E-state index is 13.1. The van der Waals surface area contributed by atoms with Crippen molar-refractivity contribution in [3.63, 3.8) is 0 Å². The van der Waals surface area contributed by atoms with Crippen LogP contribution in [0.5, 0.6) is 0 Å². The minimum Gasteiger partial charge on any atom is -0.326 e. The Balaban J connectivity index is 1.36. The Labute approximate surface area is 145 Å². The summed E-state index contributed by atoms with van der Waals surface area (Å²) < 4.78 is 13.1. The maximum Gasteiger partial charge on any atom is 0.225 e. The topological polar surface area (TPSA) is 35.6 Å². The fourth-order valence-corrected chi connectivity index (χ4v) is 3.59. The molecule has 0 bridgehead atoms. The van der Waals surface area contributed by atoms with Crippen LogP contribution in [0.3, 0.4) is 0 Å². The van der Waals surface area contributed by atoms with Crippen LogP contribution in [-0.2, 0) is 11.3 Å². The van der Waals surface area contributed by atoms with E-state index in [1.165, 1.54) is 17.0 Å². The third-order valence-corrected chi connectivity index (χ3v) is 5.05. The van der Waals surface area contributed by atoms with Crippen molar-refractivity contribution in [2.75, 3.05) is 38.0 Å². The van der Waals surface area contributed by atoms with E-state index in [1.54, 1.807) is 23.5 Å². The van der Waals surface area contributed by atoms with Gasteiger partial charge >= 0.3 is 0 Å². The quantitative estimate of drug-likeness (QED) is 0.872. The highest BCUT2D eigenvalue weighted by Gasteiger charge is 2.17. The summed E-state index contributed by atoms with van der Waals surface area (Å²) in [6.45, 7) is 5.80. The predicted octanol–water partition coefficient (Wildman–Crippen LogP) is 3.03. The first-order valence-electron chi connectivity index (χ1n) is 8.21. The maximum absolute atomic E-state index is 13.1. The minimum atomic E-state index is -0.338. The second-order valence-electron chi connectivity index (χ2n) is 6.01. The molecule has 4 nitrogen and oxygen atoms in total. The zero-order chi connectivity index (χ0) is 16.8. The van der Waals surface area contributed by atoms with Gasteiger partial charge in [-0.15, -0.1) is 11.3 Å². The zero-order valence-corrected chi connectivity index (χ0v) is 14.4. The SMILES string of the molecule is O=C(CCN1CCN(Cc2cccs2)CC1)Nc1cccc(F)c1. The highest BCUT2D eigenvalue weighted by molar-refractivity contribution is 7.09. The van der Waals surface area contributed by atoms with Gasteiger partial charge in [-0.25, -0.2) is 4.39 Å². The Morgan fingerprint density at radius 2 is 1.92 bits per heavy atom. The molecule has 0 saturated carbocycles. The molecular formula is C18H22FN3OS. The Hall–Kier alpha value is -1.76. The van der Waals surface area contributed by atoms with Crippen LogP contribution in [0.15, 0.2) is 41.8 Å². The molecule has 1 N–H and O–H groups in total. The highest BCUT2D eigenvalue weighted by Crippen LogP contribution is 2.14. The lowest BCUT2D eigenvalue weighted by atomic mass is 10.2. The van der Waals surface area contributed by atoms with Crippen LogP contribution in [0.1, 0.15) is 11.3 Å². The van der Waals surface area contributed by atoms with E-state index in [1.807, 2.05) is 0 Å². The number of piperazine rings is 1. The molecule has 3 rings (SSSR count). The number of amides is 1. The summed E-state index contributed by atoms with van der Waals surface area (Å²) >= 11 is 1.80. The number of benzene rings is 1. The number of hydrogen-bond donors (Lipinski definition) is 1. The van der Waals surface area contributed by atoms with Crippen molar-refractivity contribution < 1.29 is 9.18 Å². The van der Waals surface area contributed by atoms with Crippen LogP contribution in [0.25, 0.3) is 0 Å². The summed E-state index contributed by atoms with van der Waals surface area (Å²) in [5, 5.41) is 4.86. The molecule has 1 aromatic heterocycles. The normalized spacial score (nSPS) is 16.2. The number of rotatable bonds is 6. The van der Waals surface area contributed by atoms with Gasteiger partial charge in [-0.3, -0.25) is 9.69 Å². The molecule has 0 aliphatic carbocycles. The third kappa shape index (κ3) is 5.12. The number of halogens is 1. The van der Waals surface area contributed by atoms with Gasteiger partial charge in [-0.2, -0.15) is 0 Å². The van der Waals surface area contributed by atoms with E-state index in [4.69, 9.17) is 0 Å². The van der Waals surface area contributed by atoms with Gasteiger partial charge in [-0.1, -0.05) is 12.1 Å². The predicted molar refractivity (Wildman–Crippen MR) is 95.7 cm³/mol. The second-order valence-corrected chi connectivity index (χ2v) is 7.04. The van der Waals surface area contributed by atoms with E-state index in [2.05, 4.69) is 32.6 Å². The van der Waals surface area contributed by atoms with Crippen molar-refractivity contribution in [2.24, 2.45) is 0 Å². The van der Waals surface area contributed by atoms with Crippen LogP contribution in [-0.4, -0.2) is 48.4 Å². The molecule has 1 saturated heterocycles. The number of nitrogens with one attached hydrogen (secondary N) is 1. The van der Waals surface area contributed by atoms with E-state index in [0.29, 0.717) is 12.1 Å². The highest BCUT2D eigenvalue weighted by atomic mass is 32.1. The number of carbonyl (C=O) groups excluding carboxylic acids is 1. The Morgan fingerprint density at radius 1 is 1.12 bits per heavy atom. The van der Waals surface area contributed by atoms with Crippen LogP contribution in [0.4, 0.5) is 10.1 Å². The van der Waals surface area contributed by atoms with Crippen molar-refractivity contribution >= 4 is 22.9 Å². The first kappa shape index (κ1) is 17.1. The molecule has 1 amide bonds. The summed E-state index contributed by atoms with van der Waals surface area (Å²) in [5.74, 6) is -0.406. The number of carbonyl (C=O) groups is 1. The Bertz CT molecular complexity index is 654. The molecule has 0 atom stereocenters. The molecule has 2 aromatic rings. The lowest BCUT2D eigenvalue weighted by molar-refractivity contribution is -0.116. The average Bonchev–Trinajstić information content (AvgIpc) is 3.07. The largest absolute Gasteiger partial charge is 0.326 e. The molecular weight excluding hydrogens is 325 g/mol. The van der Waals surface area contributed by atoms with E-state index >= 15 is 0 Å². The van der Waals surface area contributed by atoms with E-state index in [-0.39, 0.29) is 11.7 Å². The first-order chi connectivity index (χ1) is 11.7. The molecule has 0 spiro atoms. The van der Waals surface area contributed by atoms with Gasteiger partial charge in [0.25, 0.3) is 0 Å². The van der Waals surface area contributed by atoms with Gasteiger partial charge in [0.2, 0.25) is 5.91 Å². The molecule has 24 heavy (non-hydrogen) atoms. The van der Waals surface area contributed by atoms with E-state index < -0.39 is 0 Å².